The minimum atomic E-state index is 0.0112. The Morgan fingerprint density at radius 1 is 1.04 bits per heavy atom. The molecule has 0 radical (unpaired) electrons. The molecule has 2 aromatic carbocycles. The van der Waals surface area contributed by atoms with E-state index in [2.05, 4.69) is 32.2 Å². The lowest BCUT2D eigenvalue weighted by Gasteiger charge is -2.17. The number of carbonyl (C=O) groups is 1. The van der Waals surface area contributed by atoms with Gasteiger partial charge in [0, 0.05) is 26.1 Å². The van der Waals surface area contributed by atoms with E-state index in [-0.39, 0.29) is 6.03 Å². The number of benzene rings is 2. The number of urea groups is 1. The fraction of sp³-hybridized carbons (Fsp3) is 0.318. The molecular weight excluding hydrogens is 350 g/mol. The normalized spacial score (nSPS) is 16.3. The van der Waals surface area contributed by atoms with Crippen molar-refractivity contribution >= 4 is 6.03 Å². The second-order valence-corrected chi connectivity index (χ2v) is 7.31. The predicted molar refractivity (Wildman–Crippen MR) is 108 cm³/mol. The van der Waals surface area contributed by atoms with Gasteiger partial charge in [-0.25, -0.2) is 4.79 Å². The molecule has 28 heavy (non-hydrogen) atoms. The van der Waals surface area contributed by atoms with E-state index >= 15 is 0 Å². The molecule has 2 heterocycles. The lowest BCUT2D eigenvalue weighted by Crippen LogP contribution is -2.38. The van der Waals surface area contributed by atoms with Crippen molar-refractivity contribution in [2.45, 2.75) is 25.9 Å². The summed E-state index contributed by atoms with van der Waals surface area (Å²) >= 11 is 0. The summed E-state index contributed by atoms with van der Waals surface area (Å²) in [5.74, 6) is 1.40. The number of nitrogens with one attached hydrogen (secondary N) is 1. The quantitative estimate of drug-likeness (QED) is 0.720. The third-order valence-electron chi connectivity index (χ3n) is 5.22. The summed E-state index contributed by atoms with van der Waals surface area (Å²) in [6, 6.07) is 20.3. The molecule has 1 aromatic heterocycles. The summed E-state index contributed by atoms with van der Waals surface area (Å²) in [6.45, 7) is 2.89. The average molecular weight is 375 g/mol. The van der Waals surface area contributed by atoms with E-state index in [4.69, 9.17) is 0 Å². The van der Waals surface area contributed by atoms with Gasteiger partial charge >= 0.3 is 6.03 Å². The van der Waals surface area contributed by atoms with Crippen LogP contribution in [0.3, 0.4) is 0 Å². The molecule has 1 aliphatic heterocycles. The molecular formula is C22H25N5O. The van der Waals surface area contributed by atoms with Crippen LogP contribution < -0.4 is 5.32 Å². The second kappa shape index (κ2) is 8.69. The first-order valence-electron chi connectivity index (χ1n) is 9.75. The SMILES string of the molecule is O=C(NCc1ccccc1)N1CCC(Cc2nncn2Cc2ccccc2)C1. The highest BCUT2D eigenvalue weighted by molar-refractivity contribution is 5.74. The van der Waals surface area contributed by atoms with E-state index in [1.54, 1.807) is 6.33 Å². The van der Waals surface area contributed by atoms with Crippen molar-refractivity contribution in [3.05, 3.63) is 83.9 Å². The van der Waals surface area contributed by atoms with E-state index < -0.39 is 0 Å². The monoisotopic (exact) mass is 375 g/mol. The molecule has 0 spiro atoms. The molecule has 1 unspecified atom stereocenters. The Balaban J connectivity index is 1.29. The van der Waals surface area contributed by atoms with Gasteiger partial charge in [-0.2, -0.15) is 0 Å². The highest BCUT2D eigenvalue weighted by Crippen LogP contribution is 2.20. The van der Waals surface area contributed by atoms with Crippen LogP contribution in [0.4, 0.5) is 4.79 Å². The number of nitrogens with zero attached hydrogens (tertiary/aromatic N) is 4. The molecule has 1 aliphatic rings. The van der Waals surface area contributed by atoms with Gasteiger partial charge in [0.15, 0.2) is 0 Å². The van der Waals surface area contributed by atoms with Gasteiger partial charge in [0.2, 0.25) is 0 Å². The molecule has 0 saturated carbocycles. The van der Waals surface area contributed by atoms with Crippen molar-refractivity contribution in [2.24, 2.45) is 5.92 Å². The molecule has 144 valence electrons. The summed E-state index contributed by atoms with van der Waals surface area (Å²) in [4.78, 5) is 14.4. The largest absolute Gasteiger partial charge is 0.334 e. The van der Waals surface area contributed by atoms with Gasteiger partial charge < -0.3 is 14.8 Å². The number of hydrogen-bond acceptors (Lipinski definition) is 3. The summed E-state index contributed by atoms with van der Waals surface area (Å²) in [5, 5.41) is 11.4. The molecule has 1 saturated heterocycles. The first kappa shape index (κ1) is 18.2. The van der Waals surface area contributed by atoms with Gasteiger partial charge in [0.05, 0.1) is 6.54 Å². The lowest BCUT2D eigenvalue weighted by molar-refractivity contribution is 0.206. The molecule has 1 N–H and O–H groups in total. The van der Waals surface area contributed by atoms with Crippen molar-refractivity contribution in [2.75, 3.05) is 13.1 Å². The van der Waals surface area contributed by atoms with Crippen LogP contribution in [0.2, 0.25) is 0 Å². The second-order valence-electron chi connectivity index (χ2n) is 7.31. The number of rotatable bonds is 6. The van der Waals surface area contributed by atoms with E-state index in [1.165, 1.54) is 5.56 Å². The maximum Gasteiger partial charge on any atom is 0.317 e. The maximum atomic E-state index is 12.5. The number of amides is 2. The standard InChI is InChI=1S/C22H25N5O/c28-22(23-14-18-7-3-1-4-8-18)26-12-11-20(16-26)13-21-25-24-17-27(21)15-19-9-5-2-6-10-19/h1-10,17,20H,11-16H2,(H,23,28). The Morgan fingerprint density at radius 2 is 1.75 bits per heavy atom. The molecule has 6 heteroatoms. The molecule has 3 aromatic rings. The number of carbonyl (C=O) groups excluding carboxylic acids is 1. The Bertz CT molecular complexity index is 894. The van der Waals surface area contributed by atoms with Gasteiger partial charge in [-0.15, -0.1) is 10.2 Å². The van der Waals surface area contributed by atoms with E-state index in [9.17, 15) is 4.79 Å². The molecule has 1 atom stereocenters. The minimum Gasteiger partial charge on any atom is -0.334 e. The van der Waals surface area contributed by atoms with Gasteiger partial charge in [-0.3, -0.25) is 0 Å². The van der Waals surface area contributed by atoms with E-state index in [0.29, 0.717) is 12.5 Å². The Labute approximate surface area is 165 Å². The first-order chi connectivity index (χ1) is 13.8. The predicted octanol–water partition coefficient (Wildman–Crippen LogP) is 3.10. The van der Waals surface area contributed by atoms with Crippen LogP contribution in [0.15, 0.2) is 67.0 Å². The summed E-state index contributed by atoms with van der Waals surface area (Å²) in [7, 11) is 0. The van der Waals surface area contributed by atoms with Crippen LogP contribution in [0.5, 0.6) is 0 Å². The van der Waals surface area contributed by atoms with Crippen LogP contribution in [-0.4, -0.2) is 38.8 Å². The Kier molecular flexibility index (Phi) is 5.66. The topological polar surface area (TPSA) is 63.1 Å². The molecule has 4 rings (SSSR count). The highest BCUT2D eigenvalue weighted by atomic mass is 16.2. The van der Waals surface area contributed by atoms with E-state index in [0.717, 1.165) is 43.9 Å². The van der Waals surface area contributed by atoms with Crippen LogP contribution in [0.1, 0.15) is 23.4 Å². The fourth-order valence-corrected chi connectivity index (χ4v) is 3.68. The maximum absolute atomic E-state index is 12.5. The fourth-order valence-electron chi connectivity index (χ4n) is 3.68. The third-order valence-corrected chi connectivity index (χ3v) is 5.22. The summed E-state index contributed by atoms with van der Waals surface area (Å²) in [5.41, 5.74) is 2.34. The lowest BCUT2D eigenvalue weighted by atomic mass is 10.0. The van der Waals surface area contributed by atoms with Crippen molar-refractivity contribution in [3.8, 4) is 0 Å². The van der Waals surface area contributed by atoms with Gasteiger partial charge in [0.1, 0.15) is 12.2 Å². The highest BCUT2D eigenvalue weighted by Gasteiger charge is 2.27. The first-order valence-corrected chi connectivity index (χ1v) is 9.75. The molecule has 0 bridgehead atoms. The van der Waals surface area contributed by atoms with Crippen LogP contribution in [0, 0.1) is 5.92 Å². The Morgan fingerprint density at radius 3 is 2.50 bits per heavy atom. The van der Waals surface area contributed by atoms with Crippen molar-refractivity contribution in [1.82, 2.24) is 25.0 Å². The number of hydrogen-bond donors (Lipinski definition) is 1. The van der Waals surface area contributed by atoms with Crippen molar-refractivity contribution in [3.63, 3.8) is 0 Å². The number of aromatic nitrogens is 3. The Hall–Kier alpha value is -3.15. The third kappa shape index (κ3) is 4.57. The van der Waals surface area contributed by atoms with Crippen molar-refractivity contribution < 1.29 is 4.79 Å². The van der Waals surface area contributed by atoms with Gasteiger partial charge in [0.25, 0.3) is 0 Å². The zero-order valence-electron chi connectivity index (χ0n) is 15.9. The summed E-state index contributed by atoms with van der Waals surface area (Å²) < 4.78 is 2.10. The zero-order chi connectivity index (χ0) is 19.2. The van der Waals surface area contributed by atoms with Crippen LogP contribution in [0.25, 0.3) is 0 Å². The molecule has 0 aliphatic carbocycles. The molecule has 1 fully saturated rings. The number of likely N-dealkylation sites (tertiary alicyclic amines) is 1. The van der Waals surface area contributed by atoms with Crippen LogP contribution >= 0.6 is 0 Å². The zero-order valence-corrected chi connectivity index (χ0v) is 15.9. The average Bonchev–Trinajstić information content (AvgIpc) is 3.38. The summed E-state index contributed by atoms with van der Waals surface area (Å²) in [6.07, 6.45) is 3.63. The van der Waals surface area contributed by atoms with Crippen molar-refractivity contribution in [1.29, 1.82) is 0 Å². The van der Waals surface area contributed by atoms with E-state index in [1.807, 2.05) is 53.4 Å². The van der Waals surface area contributed by atoms with Gasteiger partial charge in [-0.05, 0) is 23.5 Å². The molecule has 2 amide bonds. The minimum absolute atomic E-state index is 0.0112. The smallest absolute Gasteiger partial charge is 0.317 e. The van der Waals surface area contributed by atoms with Crippen LogP contribution in [-0.2, 0) is 19.5 Å². The molecule has 6 nitrogen and oxygen atoms in total. The van der Waals surface area contributed by atoms with Gasteiger partial charge in [-0.1, -0.05) is 60.7 Å².